The lowest BCUT2D eigenvalue weighted by Gasteiger charge is -2.32. The van der Waals surface area contributed by atoms with Crippen LogP contribution in [0.2, 0.25) is 0 Å². The number of para-hydroxylation sites is 1. The van der Waals surface area contributed by atoms with Crippen LogP contribution in [0.4, 0.5) is 4.39 Å². The fourth-order valence-electron chi connectivity index (χ4n) is 4.74. The molecule has 2 amide bonds. The van der Waals surface area contributed by atoms with Gasteiger partial charge >= 0.3 is 0 Å². The Labute approximate surface area is 217 Å². The van der Waals surface area contributed by atoms with Gasteiger partial charge in [-0.15, -0.1) is 0 Å². The van der Waals surface area contributed by atoms with Crippen molar-refractivity contribution < 1.29 is 23.5 Å². The van der Waals surface area contributed by atoms with E-state index in [1.165, 1.54) is 11.1 Å². The summed E-state index contributed by atoms with van der Waals surface area (Å²) >= 11 is 0. The van der Waals surface area contributed by atoms with Gasteiger partial charge in [0.05, 0.1) is 32.1 Å². The van der Waals surface area contributed by atoms with Crippen molar-refractivity contribution in [1.29, 1.82) is 0 Å². The van der Waals surface area contributed by atoms with Crippen molar-refractivity contribution in [2.45, 2.75) is 26.3 Å². The fraction of sp³-hybridized carbons (Fsp3) is 0.464. The molecule has 198 valence electrons. The molecule has 0 saturated carbocycles. The van der Waals surface area contributed by atoms with Crippen LogP contribution in [0.25, 0.3) is 0 Å². The summed E-state index contributed by atoms with van der Waals surface area (Å²) in [5.74, 6) is -0.432. The van der Waals surface area contributed by atoms with Crippen molar-refractivity contribution >= 4 is 17.5 Å². The van der Waals surface area contributed by atoms with E-state index in [-0.39, 0.29) is 24.3 Å². The third kappa shape index (κ3) is 6.34. The third-order valence-corrected chi connectivity index (χ3v) is 6.77. The molecule has 37 heavy (non-hydrogen) atoms. The van der Waals surface area contributed by atoms with Gasteiger partial charge in [-0.25, -0.2) is 9.40 Å². The number of benzene rings is 2. The van der Waals surface area contributed by atoms with Gasteiger partial charge in [-0.2, -0.15) is 5.10 Å². The van der Waals surface area contributed by atoms with Gasteiger partial charge in [0.2, 0.25) is 5.91 Å². The Balaban J connectivity index is 1.60. The van der Waals surface area contributed by atoms with E-state index < -0.39 is 11.9 Å². The van der Waals surface area contributed by atoms with Crippen LogP contribution >= 0.6 is 0 Å². The minimum atomic E-state index is -0.478. The number of hydrogen-bond acceptors (Lipinski definition) is 6. The molecule has 2 aromatic rings. The Hall–Kier alpha value is -3.30. The first-order valence-corrected chi connectivity index (χ1v) is 12.7. The molecule has 2 aliphatic rings. The molecule has 0 spiro atoms. The largest absolute Gasteiger partial charge is 0.496 e. The zero-order chi connectivity index (χ0) is 26.4. The molecular formula is C28H35FN4O4. The van der Waals surface area contributed by atoms with E-state index in [1.807, 2.05) is 38.1 Å². The number of ether oxygens (including phenoxy) is 2. The molecule has 2 heterocycles. The highest BCUT2D eigenvalue weighted by Crippen LogP contribution is 2.37. The van der Waals surface area contributed by atoms with Crippen LogP contribution < -0.4 is 4.74 Å². The number of nitrogens with zero attached hydrogens (tertiary/aromatic N) is 4. The van der Waals surface area contributed by atoms with Crippen molar-refractivity contribution in [1.82, 2.24) is 14.8 Å². The second kappa shape index (κ2) is 12.3. The smallest absolute Gasteiger partial charge is 0.262 e. The molecule has 9 heteroatoms. The van der Waals surface area contributed by atoms with E-state index in [9.17, 15) is 14.0 Å². The van der Waals surface area contributed by atoms with Gasteiger partial charge in [-0.1, -0.05) is 50.2 Å². The van der Waals surface area contributed by atoms with Crippen LogP contribution in [0.15, 0.2) is 53.6 Å². The molecule has 4 rings (SSSR count). The molecule has 8 nitrogen and oxygen atoms in total. The Morgan fingerprint density at radius 2 is 1.84 bits per heavy atom. The number of rotatable bonds is 9. The quantitative estimate of drug-likeness (QED) is 0.518. The van der Waals surface area contributed by atoms with E-state index in [0.29, 0.717) is 49.7 Å². The highest BCUT2D eigenvalue weighted by molar-refractivity contribution is 6.03. The minimum Gasteiger partial charge on any atom is -0.496 e. The van der Waals surface area contributed by atoms with Crippen LogP contribution in [0.1, 0.15) is 37.4 Å². The fourth-order valence-corrected chi connectivity index (χ4v) is 4.74. The van der Waals surface area contributed by atoms with Gasteiger partial charge in [-0.05, 0) is 12.1 Å². The van der Waals surface area contributed by atoms with Crippen LogP contribution in [0.5, 0.6) is 5.75 Å². The SMILES string of the molecule is COc1ccccc1[C@H]1CC(c2ccccc2F)=NN1C(=O)CN(CCN1CCOCC1)C(=O)C(C)C. The summed E-state index contributed by atoms with van der Waals surface area (Å²) < 4.78 is 25.6. The molecule has 1 fully saturated rings. The Bertz CT molecular complexity index is 1130. The van der Waals surface area contributed by atoms with E-state index in [0.717, 1.165) is 18.7 Å². The standard InChI is InChI=1S/C28H35FN4O4/c1-20(2)28(35)32(13-12-31-14-16-37-17-15-31)19-27(34)33-25(22-9-5-7-11-26(22)36-3)18-24(30-33)21-8-4-6-10-23(21)29/h4-11,20,25H,12-19H2,1-3H3/t25-/m1/s1. The maximum atomic E-state index is 14.7. The maximum absolute atomic E-state index is 14.7. The van der Waals surface area contributed by atoms with E-state index in [2.05, 4.69) is 10.0 Å². The average Bonchev–Trinajstić information content (AvgIpc) is 3.36. The highest BCUT2D eigenvalue weighted by atomic mass is 19.1. The first-order valence-electron chi connectivity index (χ1n) is 12.7. The van der Waals surface area contributed by atoms with Gasteiger partial charge in [0.15, 0.2) is 0 Å². The van der Waals surface area contributed by atoms with Gasteiger partial charge < -0.3 is 14.4 Å². The van der Waals surface area contributed by atoms with Crippen molar-refractivity contribution in [3.05, 3.63) is 65.5 Å². The molecular weight excluding hydrogens is 475 g/mol. The lowest BCUT2D eigenvalue weighted by molar-refractivity contribution is -0.143. The lowest BCUT2D eigenvalue weighted by Crippen LogP contribution is -2.47. The van der Waals surface area contributed by atoms with Crippen LogP contribution in [0, 0.1) is 11.7 Å². The summed E-state index contributed by atoms with van der Waals surface area (Å²) in [6.45, 7) is 7.58. The lowest BCUT2D eigenvalue weighted by atomic mass is 9.97. The second-order valence-electron chi connectivity index (χ2n) is 9.60. The average molecular weight is 511 g/mol. The van der Waals surface area contributed by atoms with Gasteiger partial charge in [0.25, 0.3) is 5.91 Å². The Morgan fingerprint density at radius 3 is 2.54 bits per heavy atom. The van der Waals surface area contributed by atoms with Crippen LogP contribution in [-0.4, -0.2) is 85.4 Å². The number of morpholine rings is 1. The monoisotopic (exact) mass is 510 g/mol. The van der Waals surface area contributed by atoms with Crippen LogP contribution in [0.3, 0.4) is 0 Å². The molecule has 0 radical (unpaired) electrons. The van der Waals surface area contributed by atoms with Gasteiger partial charge in [-0.3, -0.25) is 14.5 Å². The summed E-state index contributed by atoms with van der Waals surface area (Å²) in [5.41, 5.74) is 1.63. The van der Waals surface area contributed by atoms with Crippen molar-refractivity contribution in [2.24, 2.45) is 11.0 Å². The number of hydrazone groups is 1. The molecule has 0 aliphatic carbocycles. The molecule has 1 saturated heterocycles. The van der Waals surface area contributed by atoms with Crippen molar-refractivity contribution in [2.75, 3.05) is 53.0 Å². The number of amides is 2. The summed E-state index contributed by atoms with van der Waals surface area (Å²) in [6.07, 6.45) is 0.332. The van der Waals surface area contributed by atoms with Gasteiger partial charge in [0, 0.05) is 49.6 Å². The number of halogens is 1. The number of hydrogen-bond donors (Lipinski definition) is 0. The summed E-state index contributed by atoms with van der Waals surface area (Å²) in [6, 6.07) is 13.4. The molecule has 0 bridgehead atoms. The zero-order valence-electron chi connectivity index (χ0n) is 21.7. The highest BCUT2D eigenvalue weighted by Gasteiger charge is 2.36. The molecule has 2 aliphatic heterocycles. The number of carbonyl (C=O) groups is 2. The molecule has 0 aromatic heterocycles. The van der Waals surface area contributed by atoms with E-state index in [4.69, 9.17) is 9.47 Å². The molecule has 0 N–H and O–H groups in total. The summed E-state index contributed by atoms with van der Waals surface area (Å²) in [5, 5.41) is 6.00. The third-order valence-electron chi connectivity index (χ3n) is 6.77. The maximum Gasteiger partial charge on any atom is 0.262 e. The van der Waals surface area contributed by atoms with Gasteiger partial charge in [0.1, 0.15) is 18.1 Å². The van der Waals surface area contributed by atoms with Crippen molar-refractivity contribution in [3.8, 4) is 5.75 Å². The Kier molecular flexibility index (Phi) is 8.89. The molecule has 0 unspecified atom stereocenters. The minimum absolute atomic E-state index is 0.0899. The topological polar surface area (TPSA) is 74.7 Å². The predicted octanol–water partition coefficient (Wildman–Crippen LogP) is 3.33. The van der Waals surface area contributed by atoms with E-state index in [1.54, 1.807) is 30.2 Å². The summed E-state index contributed by atoms with van der Waals surface area (Å²) in [7, 11) is 1.58. The second-order valence-corrected chi connectivity index (χ2v) is 9.60. The Morgan fingerprint density at radius 1 is 1.14 bits per heavy atom. The first-order chi connectivity index (χ1) is 17.9. The number of methoxy groups -OCH3 is 1. The number of carbonyl (C=O) groups excluding carboxylic acids is 2. The molecule has 2 aromatic carbocycles. The van der Waals surface area contributed by atoms with Crippen LogP contribution in [-0.2, 0) is 14.3 Å². The first kappa shape index (κ1) is 26.8. The zero-order valence-corrected chi connectivity index (χ0v) is 21.7. The predicted molar refractivity (Wildman–Crippen MR) is 139 cm³/mol. The van der Waals surface area contributed by atoms with E-state index >= 15 is 0 Å². The van der Waals surface area contributed by atoms with Crippen molar-refractivity contribution in [3.63, 3.8) is 0 Å². The molecule has 1 atom stereocenters. The normalized spacial score (nSPS) is 18.1. The summed E-state index contributed by atoms with van der Waals surface area (Å²) in [4.78, 5) is 30.6.